The lowest BCUT2D eigenvalue weighted by Gasteiger charge is -2.37. The van der Waals surface area contributed by atoms with Crippen molar-refractivity contribution in [3.63, 3.8) is 0 Å². The van der Waals surface area contributed by atoms with Crippen molar-refractivity contribution in [2.45, 2.75) is 58.0 Å². The molecule has 0 aromatic rings. The first kappa shape index (κ1) is 12.5. The van der Waals surface area contributed by atoms with Gasteiger partial charge in [0.25, 0.3) is 0 Å². The van der Waals surface area contributed by atoms with Crippen molar-refractivity contribution in [3.8, 4) is 0 Å². The van der Waals surface area contributed by atoms with E-state index in [1.165, 1.54) is 25.7 Å². The van der Waals surface area contributed by atoms with Gasteiger partial charge in [0.05, 0.1) is 0 Å². The number of hydrogen-bond acceptors (Lipinski definition) is 2. The van der Waals surface area contributed by atoms with Gasteiger partial charge < -0.3 is 10.2 Å². The molecule has 2 aliphatic carbocycles. The Kier molecular flexibility index (Phi) is 3.35. The monoisotopic (exact) mass is 250 g/mol. The summed E-state index contributed by atoms with van der Waals surface area (Å²) in [5, 5.41) is 3.49. The number of piperazine rings is 1. The maximum absolute atomic E-state index is 12.4. The third-order valence-electron chi connectivity index (χ3n) is 5.23. The van der Waals surface area contributed by atoms with Gasteiger partial charge in [0.1, 0.15) is 0 Å². The number of amides is 1. The number of hydrogen-bond donors (Lipinski definition) is 1. The van der Waals surface area contributed by atoms with Crippen molar-refractivity contribution in [1.29, 1.82) is 0 Å². The number of fused-ring (bicyclic) bond motifs is 2. The first-order valence-electron chi connectivity index (χ1n) is 7.65. The molecule has 2 saturated carbocycles. The Hall–Kier alpha value is -0.570. The molecule has 1 heterocycles. The first-order chi connectivity index (χ1) is 8.61. The quantitative estimate of drug-likeness (QED) is 0.813. The van der Waals surface area contributed by atoms with E-state index in [1.807, 2.05) is 0 Å². The lowest BCUT2D eigenvalue weighted by Crippen LogP contribution is -2.56. The van der Waals surface area contributed by atoms with Crippen LogP contribution in [-0.2, 0) is 4.79 Å². The minimum Gasteiger partial charge on any atom is -0.340 e. The van der Waals surface area contributed by atoms with Gasteiger partial charge in [-0.1, -0.05) is 6.42 Å². The van der Waals surface area contributed by atoms with Crippen molar-refractivity contribution in [1.82, 2.24) is 10.2 Å². The van der Waals surface area contributed by atoms with Crippen LogP contribution in [0, 0.1) is 17.8 Å². The predicted octanol–water partition coefficient (Wildman–Crippen LogP) is 2.02. The minimum absolute atomic E-state index is 0.410. The smallest absolute Gasteiger partial charge is 0.222 e. The lowest BCUT2D eigenvalue weighted by atomic mass is 9.86. The molecular formula is C15H26N2O. The number of rotatable bonds is 2. The molecule has 5 unspecified atom stereocenters. The summed E-state index contributed by atoms with van der Waals surface area (Å²) in [6, 6.07) is 0.885. The van der Waals surface area contributed by atoms with Crippen LogP contribution in [0.15, 0.2) is 0 Å². The maximum Gasteiger partial charge on any atom is 0.222 e. The fraction of sp³-hybridized carbons (Fsp3) is 0.933. The summed E-state index contributed by atoms with van der Waals surface area (Å²) in [7, 11) is 0. The molecule has 0 spiro atoms. The van der Waals surface area contributed by atoms with Gasteiger partial charge in [0.2, 0.25) is 5.91 Å². The van der Waals surface area contributed by atoms with Crippen LogP contribution in [0.5, 0.6) is 0 Å². The van der Waals surface area contributed by atoms with E-state index in [-0.39, 0.29) is 0 Å². The fourth-order valence-electron chi connectivity index (χ4n) is 4.51. The van der Waals surface area contributed by atoms with Gasteiger partial charge in [0, 0.05) is 31.6 Å². The summed E-state index contributed by atoms with van der Waals surface area (Å²) in [6.45, 7) is 6.13. The highest BCUT2D eigenvalue weighted by molar-refractivity contribution is 5.76. The number of nitrogens with one attached hydrogen (secondary N) is 1. The molecule has 3 nitrogen and oxygen atoms in total. The lowest BCUT2D eigenvalue weighted by molar-refractivity contribution is -0.134. The molecule has 3 aliphatic rings. The number of nitrogens with zero attached hydrogens (tertiary/aromatic N) is 1. The fourth-order valence-corrected chi connectivity index (χ4v) is 4.51. The van der Waals surface area contributed by atoms with E-state index < -0.39 is 0 Å². The van der Waals surface area contributed by atoms with Crippen LogP contribution in [0.2, 0.25) is 0 Å². The molecule has 2 bridgehead atoms. The van der Waals surface area contributed by atoms with Gasteiger partial charge in [-0.25, -0.2) is 0 Å². The average Bonchev–Trinajstić information content (AvgIpc) is 2.89. The van der Waals surface area contributed by atoms with Crippen LogP contribution in [-0.4, -0.2) is 36.0 Å². The Morgan fingerprint density at radius 1 is 1.17 bits per heavy atom. The second kappa shape index (κ2) is 4.84. The highest BCUT2D eigenvalue weighted by Crippen LogP contribution is 2.49. The van der Waals surface area contributed by atoms with Crippen LogP contribution in [0.3, 0.4) is 0 Å². The van der Waals surface area contributed by atoms with E-state index in [1.54, 1.807) is 0 Å². The maximum atomic E-state index is 12.4. The molecule has 0 radical (unpaired) electrons. The molecule has 102 valence electrons. The summed E-state index contributed by atoms with van der Waals surface area (Å²) >= 11 is 0. The van der Waals surface area contributed by atoms with E-state index in [9.17, 15) is 4.79 Å². The molecule has 3 fully saturated rings. The van der Waals surface area contributed by atoms with Crippen molar-refractivity contribution >= 4 is 5.91 Å². The van der Waals surface area contributed by atoms with Crippen molar-refractivity contribution < 1.29 is 4.79 Å². The van der Waals surface area contributed by atoms with Crippen LogP contribution in [0.4, 0.5) is 0 Å². The van der Waals surface area contributed by atoms with Gasteiger partial charge in [-0.3, -0.25) is 4.79 Å². The third-order valence-corrected chi connectivity index (χ3v) is 5.23. The van der Waals surface area contributed by atoms with Crippen molar-refractivity contribution in [3.05, 3.63) is 0 Å². The average molecular weight is 250 g/mol. The zero-order valence-corrected chi connectivity index (χ0v) is 11.7. The van der Waals surface area contributed by atoms with Gasteiger partial charge in [-0.2, -0.15) is 0 Å². The Labute approximate surface area is 110 Å². The molecule has 0 aromatic carbocycles. The summed E-state index contributed by atoms with van der Waals surface area (Å²) in [5.41, 5.74) is 0. The first-order valence-corrected chi connectivity index (χ1v) is 7.65. The van der Waals surface area contributed by atoms with Crippen LogP contribution < -0.4 is 5.32 Å². The molecule has 1 amide bonds. The number of carbonyl (C=O) groups is 1. The van der Waals surface area contributed by atoms with Crippen LogP contribution in [0.1, 0.15) is 46.0 Å². The minimum atomic E-state index is 0.410. The molecule has 1 saturated heterocycles. The topological polar surface area (TPSA) is 32.3 Å². The van der Waals surface area contributed by atoms with Crippen molar-refractivity contribution in [2.24, 2.45) is 17.8 Å². The van der Waals surface area contributed by atoms with Gasteiger partial charge in [-0.05, 0) is 50.9 Å². The molecule has 0 aromatic heterocycles. The Morgan fingerprint density at radius 3 is 2.44 bits per heavy atom. The highest BCUT2D eigenvalue weighted by Gasteiger charge is 2.40. The Balaban J connectivity index is 1.55. The van der Waals surface area contributed by atoms with E-state index in [4.69, 9.17) is 0 Å². The Bertz CT molecular complexity index is 320. The van der Waals surface area contributed by atoms with Gasteiger partial charge in [0.15, 0.2) is 0 Å². The normalized spacial score (nSPS) is 43.4. The molecule has 18 heavy (non-hydrogen) atoms. The van der Waals surface area contributed by atoms with E-state index in [2.05, 4.69) is 24.1 Å². The zero-order valence-electron chi connectivity index (χ0n) is 11.7. The van der Waals surface area contributed by atoms with E-state index in [0.29, 0.717) is 23.9 Å². The van der Waals surface area contributed by atoms with E-state index >= 15 is 0 Å². The van der Waals surface area contributed by atoms with Gasteiger partial charge in [-0.15, -0.1) is 0 Å². The molecule has 1 N–H and O–H groups in total. The number of carbonyl (C=O) groups excluding carboxylic acids is 1. The molecular weight excluding hydrogens is 224 g/mol. The molecule has 3 rings (SSSR count). The standard InChI is InChI=1S/C15H26N2O/c1-10-8-17(9-11(2)16-10)15(18)7-14-6-12-3-4-13(14)5-12/h10-14,16H,3-9H2,1-2H3. The third kappa shape index (κ3) is 2.42. The van der Waals surface area contributed by atoms with Crippen molar-refractivity contribution in [2.75, 3.05) is 13.1 Å². The largest absolute Gasteiger partial charge is 0.340 e. The summed E-state index contributed by atoms with van der Waals surface area (Å²) in [6.07, 6.45) is 6.37. The van der Waals surface area contributed by atoms with Crippen LogP contribution in [0.25, 0.3) is 0 Å². The van der Waals surface area contributed by atoms with Crippen LogP contribution >= 0.6 is 0 Å². The molecule has 1 aliphatic heterocycles. The molecule has 5 atom stereocenters. The summed E-state index contributed by atoms with van der Waals surface area (Å²) in [4.78, 5) is 14.5. The Morgan fingerprint density at radius 2 is 1.89 bits per heavy atom. The summed E-state index contributed by atoms with van der Waals surface area (Å²) < 4.78 is 0. The highest BCUT2D eigenvalue weighted by atomic mass is 16.2. The zero-order chi connectivity index (χ0) is 12.7. The van der Waals surface area contributed by atoms with Gasteiger partial charge >= 0.3 is 0 Å². The van der Waals surface area contributed by atoms with E-state index in [0.717, 1.165) is 31.3 Å². The second-order valence-corrected chi connectivity index (χ2v) is 6.91. The molecule has 3 heteroatoms. The SMILES string of the molecule is CC1CN(C(=O)CC2CC3CCC2C3)CC(C)N1. The second-order valence-electron chi connectivity index (χ2n) is 6.91. The summed E-state index contributed by atoms with van der Waals surface area (Å²) in [5.74, 6) is 2.94. The predicted molar refractivity (Wildman–Crippen MR) is 72.2 cm³/mol.